The van der Waals surface area contributed by atoms with Gasteiger partial charge in [0, 0.05) is 26.5 Å². The summed E-state index contributed by atoms with van der Waals surface area (Å²) in [6, 6.07) is 0.422. The highest BCUT2D eigenvalue weighted by atomic mass is 31.2. The monoisotopic (exact) mass is 363 g/mol. The smallest absolute Gasteiger partial charge is 0.382 e. The summed E-state index contributed by atoms with van der Waals surface area (Å²) in [5, 5.41) is 2.49. The van der Waals surface area contributed by atoms with E-state index in [4.69, 9.17) is 14.2 Å². The van der Waals surface area contributed by atoms with E-state index >= 15 is 0 Å². The van der Waals surface area contributed by atoms with Gasteiger partial charge in [-0.25, -0.2) is 14.4 Å². The number of aromatic amines is 1. The minimum Gasteiger partial charge on any atom is -0.382 e. The van der Waals surface area contributed by atoms with Gasteiger partial charge in [-0.05, 0) is 0 Å². The van der Waals surface area contributed by atoms with Gasteiger partial charge in [0.1, 0.15) is 11.7 Å². The number of nitrogens with zero attached hydrogens (tertiary/aromatic N) is 1. The van der Waals surface area contributed by atoms with E-state index in [9.17, 15) is 19.0 Å². The lowest BCUT2D eigenvalue weighted by atomic mass is 9.98. The minimum absolute atomic E-state index is 0.0689. The number of hydrogen-bond donors (Lipinski definition) is 3. The fourth-order valence-electron chi connectivity index (χ4n) is 3.06. The summed E-state index contributed by atoms with van der Waals surface area (Å²) in [6.45, 7) is 0.182. The lowest BCUT2D eigenvalue weighted by Crippen LogP contribution is -2.50. The van der Waals surface area contributed by atoms with E-state index in [0.717, 1.165) is 11.7 Å². The van der Waals surface area contributed by atoms with Crippen LogP contribution in [0.1, 0.15) is 6.23 Å². The van der Waals surface area contributed by atoms with E-state index in [2.05, 4.69) is 14.6 Å². The van der Waals surface area contributed by atoms with Gasteiger partial charge in [-0.1, -0.05) is 0 Å². The highest BCUT2D eigenvalue weighted by Gasteiger charge is 2.63. The van der Waals surface area contributed by atoms with E-state index in [1.807, 2.05) is 0 Å². The van der Waals surface area contributed by atoms with Crippen LogP contribution in [0.15, 0.2) is 21.9 Å². The summed E-state index contributed by atoms with van der Waals surface area (Å²) in [7, 11) is -1.52. The van der Waals surface area contributed by atoms with Crippen LogP contribution >= 0.6 is 7.75 Å². The Bertz CT molecular complexity index is 778. The van der Waals surface area contributed by atoms with Crippen LogP contribution in [0.4, 0.5) is 0 Å². The Morgan fingerprint density at radius 3 is 2.92 bits per heavy atom. The van der Waals surface area contributed by atoms with Crippen molar-refractivity contribution in [2.75, 3.05) is 27.4 Å². The van der Waals surface area contributed by atoms with E-state index in [-0.39, 0.29) is 13.2 Å². The molecule has 134 valence electrons. The molecular formula is C12H18N3O8P. The van der Waals surface area contributed by atoms with Gasteiger partial charge in [-0.2, -0.15) is 0 Å². The van der Waals surface area contributed by atoms with E-state index in [1.165, 1.54) is 19.4 Å². The molecular weight excluding hydrogens is 345 g/mol. The number of aromatic nitrogens is 2. The van der Waals surface area contributed by atoms with Crippen LogP contribution < -0.4 is 16.3 Å². The zero-order valence-electron chi connectivity index (χ0n) is 13.0. The van der Waals surface area contributed by atoms with Crippen LogP contribution in [0, 0.1) is 0 Å². The zero-order valence-corrected chi connectivity index (χ0v) is 13.9. The SMILES string of the molecule is COC[C@@]12COC([C@H](n3ccc(=O)[nH]c3=O)O1)[C@H]2NP(=O)(O)OC. The first-order chi connectivity index (χ1) is 11.3. The number of nitrogens with one attached hydrogen (secondary N) is 2. The van der Waals surface area contributed by atoms with E-state index in [1.54, 1.807) is 0 Å². The molecule has 2 aliphatic heterocycles. The molecule has 1 aromatic heterocycles. The Morgan fingerprint density at radius 1 is 1.54 bits per heavy atom. The minimum atomic E-state index is -4.07. The Balaban J connectivity index is 1.97. The second-order valence-corrected chi connectivity index (χ2v) is 7.27. The molecule has 12 heteroatoms. The molecule has 0 spiro atoms. The van der Waals surface area contributed by atoms with Crippen molar-refractivity contribution in [3.8, 4) is 0 Å². The third kappa shape index (κ3) is 2.88. The summed E-state index contributed by atoms with van der Waals surface area (Å²) < 4.78 is 34.4. The van der Waals surface area contributed by atoms with Gasteiger partial charge >= 0.3 is 13.4 Å². The second kappa shape index (κ2) is 6.19. The van der Waals surface area contributed by atoms with E-state index < -0.39 is 43.0 Å². The summed E-state index contributed by atoms with van der Waals surface area (Å²) in [6.07, 6.45) is -0.366. The Morgan fingerprint density at radius 2 is 2.29 bits per heavy atom. The predicted molar refractivity (Wildman–Crippen MR) is 79.5 cm³/mol. The number of ether oxygens (including phenoxy) is 3. The molecule has 2 fully saturated rings. The maximum absolute atomic E-state index is 12.0. The van der Waals surface area contributed by atoms with Crippen molar-refractivity contribution < 1.29 is 28.2 Å². The van der Waals surface area contributed by atoms with Crippen molar-refractivity contribution in [3.05, 3.63) is 33.1 Å². The average molecular weight is 363 g/mol. The molecule has 2 aliphatic rings. The van der Waals surface area contributed by atoms with Crippen molar-refractivity contribution >= 4 is 7.75 Å². The molecule has 0 aromatic carbocycles. The molecule has 3 heterocycles. The molecule has 0 amide bonds. The van der Waals surface area contributed by atoms with E-state index in [0.29, 0.717) is 0 Å². The number of hydrogen-bond acceptors (Lipinski definition) is 7. The molecule has 0 radical (unpaired) electrons. The number of rotatable bonds is 6. The summed E-state index contributed by atoms with van der Waals surface area (Å²) >= 11 is 0. The molecule has 2 saturated heterocycles. The number of methoxy groups -OCH3 is 1. The van der Waals surface area contributed by atoms with Crippen LogP contribution in [0.25, 0.3) is 0 Å². The molecule has 5 atom stereocenters. The number of H-pyrrole nitrogens is 1. The topological polar surface area (TPSA) is 141 Å². The van der Waals surface area contributed by atoms with Gasteiger partial charge in [0.05, 0.1) is 19.3 Å². The average Bonchev–Trinajstić information content (AvgIpc) is 2.98. The van der Waals surface area contributed by atoms with Crippen molar-refractivity contribution in [1.29, 1.82) is 0 Å². The molecule has 24 heavy (non-hydrogen) atoms. The summed E-state index contributed by atoms with van der Waals surface area (Å²) in [5.74, 6) is 0. The van der Waals surface area contributed by atoms with Gasteiger partial charge in [-0.15, -0.1) is 0 Å². The maximum atomic E-state index is 12.0. The first kappa shape index (κ1) is 17.5. The Kier molecular flexibility index (Phi) is 4.51. The molecule has 3 rings (SSSR count). The van der Waals surface area contributed by atoms with Crippen molar-refractivity contribution in [2.45, 2.75) is 24.0 Å². The Labute approximate surface area is 136 Å². The predicted octanol–water partition coefficient (Wildman–Crippen LogP) is -1.45. The Hall–Kier alpha value is -1.33. The van der Waals surface area contributed by atoms with Gasteiger partial charge in [0.25, 0.3) is 5.56 Å². The van der Waals surface area contributed by atoms with Gasteiger partial charge in [0.15, 0.2) is 6.23 Å². The summed E-state index contributed by atoms with van der Waals surface area (Å²) in [4.78, 5) is 35.1. The first-order valence-corrected chi connectivity index (χ1v) is 8.66. The maximum Gasteiger partial charge on any atom is 0.403 e. The zero-order chi connectivity index (χ0) is 17.5. The largest absolute Gasteiger partial charge is 0.403 e. The second-order valence-electron chi connectivity index (χ2n) is 5.61. The van der Waals surface area contributed by atoms with Crippen LogP contribution in [-0.2, 0) is 23.3 Å². The van der Waals surface area contributed by atoms with Crippen LogP contribution in [-0.4, -0.2) is 59.6 Å². The fourth-order valence-corrected chi connectivity index (χ4v) is 3.90. The highest BCUT2D eigenvalue weighted by molar-refractivity contribution is 7.50. The van der Waals surface area contributed by atoms with Gasteiger partial charge < -0.3 is 23.6 Å². The summed E-state index contributed by atoms with van der Waals surface area (Å²) in [5.41, 5.74) is -2.29. The lowest BCUT2D eigenvalue weighted by molar-refractivity contribution is -0.188. The highest BCUT2D eigenvalue weighted by Crippen LogP contribution is 2.49. The van der Waals surface area contributed by atoms with Crippen molar-refractivity contribution in [2.24, 2.45) is 0 Å². The third-order valence-corrected chi connectivity index (χ3v) is 5.22. The first-order valence-electron chi connectivity index (χ1n) is 7.08. The van der Waals surface area contributed by atoms with Crippen LogP contribution in [0.2, 0.25) is 0 Å². The molecule has 0 saturated carbocycles. The van der Waals surface area contributed by atoms with Crippen LogP contribution in [0.3, 0.4) is 0 Å². The fraction of sp³-hybridized carbons (Fsp3) is 0.667. The molecule has 2 bridgehead atoms. The number of fused-ring (bicyclic) bond motifs is 2. The quantitative estimate of drug-likeness (QED) is 0.518. The van der Waals surface area contributed by atoms with Gasteiger partial charge in [-0.3, -0.25) is 14.3 Å². The van der Waals surface area contributed by atoms with Gasteiger partial charge in [0.2, 0.25) is 0 Å². The molecule has 11 nitrogen and oxygen atoms in total. The third-order valence-electron chi connectivity index (χ3n) is 4.12. The molecule has 1 aromatic rings. The van der Waals surface area contributed by atoms with Crippen molar-refractivity contribution in [3.63, 3.8) is 0 Å². The normalized spacial score (nSPS) is 34.4. The molecule has 0 aliphatic carbocycles. The standard InChI is InChI=1S/C12H18N3O8P/c1-20-5-12-6-22-8(9(12)14-24(18,19)21-2)10(23-12)15-4-3-7(16)13-11(15)17/h3-4,8-10H,5-6H2,1-2H3,(H,13,16,17)(H2,14,18,19)/t8?,9-,10-,12+/m1/s1. The lowest BCUT2D eigenvalue weighted by Gasteiger charge is -2.31. The van der Waals surface area contributed by atoms with Crippen LogP contribution in [0.5, 0.6) is 0 Å². The molecule has 3 N–H and O–H groups in total. The molecule has 2 unspecified atom stereocenters. The van der Waals surface area contributed by atoms with Crippen molar-refractivity contribution in [1.82, 2.24) is 14.6 Å².